The normalized spacial score (nSPS) is 11.6. The van der Waals surface area contributed by atoms with Gasteiger partial charge in [0.25, 0.3) is 5.69 Å². The fraction of sp³-hybridized carbons (Fsp3) is 0.333. The summed E-state index contributed by atoms with van der Waals surface area (Å²) in [5, 5.41) is 19.6. The minimum Gasteiger partial charge on any atom is -0.481 e. The molecule has 7 heteroatoms. The van der Waals surface area contributed by atoms with E-state index in [4.69, 9.17) is 5.11 Å². The molecule has 0 saturated carbocycles. The topological polar surface area (TPSA) is 107 Å². The zero-order valence-corrected chi connectivity index (χ0v) is 10.2. The second-order valence-electron chi connectivity index (χ2n) is 3.77. The summed E-state index contributed by atoms with van der Waals surface area (Å²) in [5.74, 6) is -3.52. The monoisotopic (exact) mass is 267 g/mol. The molecule has 1 aromatic carbocycles. The third kappa shape index (κ3) is 4.06. The minimum absolute atomic E-state index is 0.0809. The number of hydrogen-bond donors (Lipinski definition) is 1. The minimum atomic E-state index is -1.36. The Balaban J connectivity index is 2.91. The number of non-ortho nitro benzene ring substituents is 1. The van der Waals surface area contributed by atoms with E-state index < -0.39 is 22.8 Å². The molecular weight excluding hydrogens is 254 g/mol. The zero-order valence-electron chi connectivity index (χ0n) is 10.2. The van der Waals surface area contributed by atoms with Crippen LogP contribution in [0.25, 0.3) is 0 Å². The van der Waals surface area contributed by atoms with Crippen molar-refractivity contribution in [3.63, 3.8) is 0 Å². The van der Waals surface area contributed by atoms with Crippen LogP contribution in [-0.2, 0) is 20.7 Å². The fourth-order valence-electron chi connectivity index (χ4n) is 1.55. The predicted octanol–water partition coefficient (Wildman–Crippen LogP) is 1.40. The zero-order chi connectivity index (χ0) is 14.4. The Hall–Kier alpha value is -2.44. The van der Waals surface area contributed by atoms with Crippen LogP contribution in [0.5, 0.6) is 0 Å². The average molecular weight is 267 g/mol. The van der Waals surface area contributed by atoms with Gasteiger partial charge < -0.3 is 9.84 Å². The Kier molecular flexibility index (Phi) is 4.99. The van der Waals surface area contributed by atoms with E-state index in [2.05, 4.69) is 4.74 Å². The lowest BCUT2D eigenvalue weighted by Crippen LogP contribution is -2.27. The molecule has 1 aromatic rings. The van der Waals surface area contributed by atoms with Crippen molar-refractivity contribution in [2.24, 2.45) is 5.92 Å². The quantitative estimate of drug-likeness (QED) is 0.361. The van der Waals surface area contributed by atoms with Crippen LogP contribution in [0.2, 0.25) is 0 Å². The molecule has 0 amide bonds. The van der Waals surface area contributed by atoms with Crippen LogP contribution in [-0.4, -0.2) is 28.6 Å². The molecule has 0 bridgehead atoms. The molecule has 0 saturated heterocycles. The Morgan fingerprint density at radius 1 is 1.47 bits per heavy atom. The maximum atomic E-state index is 11.5. The molecule has 1 unspecified atom stereocenters. The van der Waals surface area contributed by atoms with E-state index in [1.165, 1.54) is 24.3 Å². The second kappa shape index (κ2) is 6.48. The highest BCUT2D eigenvalue weighted by Gasteiger charge is 2.28. The number of ether oxygens (including phenoxy) is 1. The summed E-state index contributed by atoms with van der Waals surface area (Å²) in [7, 11) is 0. The first-order valence-electron chi connectivity index (χ1n) is 5.58. The molecule has 19 heavy (non-hydrogen) atoms. The van der Waals surface area contributed by atoms with Crippen molar-refractivity contribution in [1.82, 2.24) is 0 Å². The van der Waals surface area contributed by atoms with Gasteiger partial charge in [0.1, 0.15) is 0 Å². The summed E-state index contributed by atoms with van der Waals surface area (Å²) in [6.45, 7) is 1.65. The number of nitro groups is 1. The molecular formula is C12H13NO6. The lowest BCUT2D eigenvalue weighted by atomic mass is 9.99. The first-order chi connectivity index (χ1) is 8.95. The summed E-state index contributed by atoms with van der Waals surface area (Å²) < 4.78 is 4.66. The van der Waals surface area contributed by atoms with Crippen molar-refractivity contribution in [1.29, 1.82) is 0 Å². The molecule has 0 fully saturated rings. The number of nitro benzene ring substituents is 1. The van der Waals surface area contributed by atoms with Gasteiger partial charge in [-0.2, -0.15) is 0 Å². The van der Waals surface area contributed by atoms with Crippen molar-refractivity contribution >= 4 is 17.6 Å². The smallest absolute Gasteiger partial charge is 0.320 e. The molecule has 0 spiro atoms. The van der Waals surface area contributed by atoms with E-state index >= 15 is 0 Å². The van der Waals surface area contributed by atoms with Gasteiger partial charge in [-0.1, -0.05) is 12.1 Å². The van der Waals surface area contributed by atoms with Gasteiger partial charge in [-0.3, -0.25) is 19.7 Å². The molecule has 7 nitrogen and oxygen atoms in total. The van der Waals surface area contributed by atoms with E-state index in [1.807, 2.05) is 0 Å². The van der Waals surface area contributed by atoms with E-state index in [1.54, 1.807) is 6.92 Å². The molecule has 1 atom stereocenters. The number of carbonyl (C=O) groups is 2. The number of carboxylic acids is 1. The molecule has 0 aromatic heterocycles. The predicted molar refractivity (Wildman–Crippen MR) is 64.6 cm³/mol. The van der Waals surface area contributed by atoms with Gasteiger partial charge >= 0.3 is 11.9 Å². The standard InChI is InChI=1S/C12H13NO6/c1-2-19-12(16)10(11(14)15)7-8-4-3-5-9(6-8)13(17)18/h3-6,10H,2,7H2,1H3,(H,14,15). The second-order valence-corrected chi connectivity index (χ2v) is 3.77. The Morgan fingerprint density at radius 3 is 2.68 bits per heavy atom. The largest absolute Gasteiger partial charge is 0.481 e. The van der Waals surface area contributed by atoms with E-state index in [-0.39, 0.29) is 18.7 Å². The van der Waals surface area contributed by atoms with Crippen LogP contribution in [0, 0.1) is 16.0 Å². The van der Waals surface area contributed by atoms with Crippen LogP contribution in [0.4, 0.5) is 5.69 Å². The molecule has 0 aliphatic heterocycles. The molecule has 102 valence electrons. The summed E-state index contributed by atoms with van der Waals surface area (Å²) in [5.41, 5.74) is 0.250. The van der Waals surface area contributed by atoms with E-state index in [9.17, 15) is 19.7 Å². The van der Waals surface area contributed by atoms with Crippen molar-refractivity contribution in [2.75, 3.05) is 6.61 Å². The molecule has 0 aliphatic rings. The summed E-state index contributed by atoms with van der Waals surface area (Å²) in [4.78, 5) is 32.5. The number of benzene rings is 1. The third-order valence-corrected chi connectivity index (χ3v) is 2.43. The van der Waals surface area contributed by atoms with E-state index in [0.717, 1.165) is 0 Å². The van der Waals surface area contributed by atoms with Crippen molar-refractivity contribution in [3.8, 4) is 0 Å². The molecule has 0 radical (unpaired) electrons. The lowest BCUT2D eigenvalue weighted by molar-refractivity contribution is -0.384. The summed E-state index contributed by atoms with van der Waals surface area (Å²) in [6.07, 6.45) is -0.143. The van der Waals surface area contributed by atoms with Crippen LogP contribution in [0.1, 0.15) is 12.5 Å². The Morgan fingerprint density at radius 2 is 2.16 bits per heavy atom. The lowest BCUT2D eigenvalue weighted by Gasteiger charge is -2.11. The first-order valence-corrected chi connectivity index (χ1v) is 5.58. The van der Waals surface area contributed by atoms with Gasteiger partial charge in [0, 0.05) is 12.1 Å². The van der Waals surface area contributed by atoms with Crippen molar-refractivity contribution in [2.45, 2.75) is 13.3 Å². The molecule has 0 aliphatic carbocycles. The summed E-state index contributed by atoms with van der Waals surface area (Å²) >= 11 is 0. The number of hydrogen-bond acceptors (Lipinski definition) is 5. The highest BCUT2D eigenvalue weighted by atomic mass is 16.6. The van der Waals surface area contributed by atoms with Crippen molar-refractivity contribution < 1.29 is 24.4 Å². The van der Waals surface area contributed by atoms with Crippen LogP contribution in [0.3, 0.4) is 0 Å². The Bertz CT molecular complexity index is 499. The number of esters is 1. The highest BCUT2D eigenvalue weighted by molar-refractivity contribution is 5.94. The van der Waals surface area contributed by atoms with Gasteiger partial charge in [-0.05, 0) is 18.9 Å². The number of rotatable bonds is 6. The van der Waals surface area contributed by atoms with Gasteiger partial charge in [0.15, 0.2) is 5.92 Å². The van der Waals surface area contributed by atoms with Crippen LogP contribution in [0.15, 0.2) is 24.3 Å². The third-order valence-electron chi connectivity index (χ3n) is 2.43. The summed E-state index contributed by atoms with van der Waals surface area (Å²) in [6, 6.07) is 5.51. The Labute approximate surface area is 109 Å². The van der Waals surface area contributed by atoms with Crippen molar-refractivity contribution in [3.05, 3.63) is 39.9 Å². The van der Waals surface area contributed by atoms with Gasteiger partial charge in [0.05, 0.1) is 11.5 Å². The van der Waals surface area contributed by atoms with Crippen LogP contribution >= 0.6 is 0 Å². The SMILES string of the molecule is CCOC(=O)C(Cc1cccc([N+](=O)[O-])c1)C(=O)O. The maximum absolute atomic E-state index is 11.5. The fourth-order valence-corrected chi connectivity index (χ4v) is 1.55. The molecule has 0 heterocycles. The number of carboxylic acid groups (broad SMARTS) is 1. The van der Waals surface area contributed by atoms with Gasteiger partial charge in [0.2, 0.25) is 0 Å². The molecule has 1 rings (SSSR count). The van der Waals surface area contributed by atoms with Gasteiger partial charge in [-0.15, -0.1) is 0 Å². The first kappa shape index (κ1) is 14.6. The molecule has 1 N–H and O–H groups in total. The van der Waals surface area contributed by atoms with Crippen LogP contribution < -0.4 is 0 Å². The average Bonchev–Trinajstić information content (AvgIpc) is 2.36. The number of nitrogens with zero attached hydrogens (tertiary/aromatic N) is 1. The maximum Gasteiger partial charge on any atom is 0.320 e. The number of carbonyl (C=O) groups excluding carboxylic acids is 1. The number of aliphatic carboxylic acids is 1. The highest BCUT2D eigenvalue weighted by Crippen LogP contribution is 2.17. The van der Waals surface area contributed by atoms with Gasteiger partial charge in [-0.25, -0.2) is 0 Å². The van der Waals surface area contributed by atoms with E-state index in [0.29, 0.717) is 5.56 Å².